The maximum Gasteiger partial charge on any atom is 0.0178 e. The van der Waals surface area contributed by atoms with Crippen LogP contribution < -0.4 is 5.73 Å². The molecular formula is C8H10INS. The standard InChI is InChI=1S/C8H10INS/c1-5-7(9)2-6(4-10)3-8(5)11/h2-3,11H,4,10H2,1H3. The Morgan fingerprint density at radius 1 is 1.55 bits per heavy atom. The lowest BCUT2D eigenvalue weighted by atomic mass is 10.1. The van der Waals surface area contributed by atoms with Gasteiger partial charge in [0.15, 0.2) is 0 Å². The minimum absolute atomic E-state index is 0.587. The Kier molecular flexibility index (Phi) is 3.21. The SMILES string of the molecule is Cc1c(S)cc(CN)cc1I. The van der Waals surface area contributed by atoms with Gasteiger partial charge >= 0.3 is 0 Å². The van der Waals surface area contributed by atoms with Crippen molar-refractivity contribution in [3.05, 3.63) is 26.8 Å². The molecule has 0 unspecified atom stereocenters. The first-order valence-electron chi connectivity index (χ1n) is 3.33. The second kappa shape index (κ2) is 3.78. The van der Waals surface area contributed by atoms with E-state index in [9.17, 15) is 0 Å². The summed E-state index contributed by atoms with van der Waals surface area (Å²) in [6, 6.07) is 4.11. The highest BCUT2D eigenvalue weighted by Crippen LogP contribution is 2.21. The van der Waals surface area contributed by atoms with Crippen molar-refractivity contribution in [2.75, 3.05) is 0 Å². The highest BCUT2D eigenvalue weighted by atomic mass is 127. The molecule has 0 radical (unpaired) electrons. The maximum absolute atomic E-state index is 5.50. The number of nitrogens with two attached hydrogens (primary N) is 1. The zero-order chi connectivity index (χ0) is 8.43. The largest absolute Gasteiger partial charge is 0.326 e. The van der Waals surface area contributed by atoms with E-state index in [2.05, 4.69) is 48.2 Å². The van der Waals surface area contributed by atoms with E-state index in [0.29, 0.717) is 6.54 Å². The van der Waals surface area contributed by atoms with Crippen molar-refractivity contribution in [1.29, 1.82) is 0 Å². The summed E-state index contributed by atoms with van der Waals surface area (Å²) in [5, 5.41) is 0. The van der Waals surface area contributed by atoms with Crippen LogP contribution in [0.1, 0.15) is 11.1 Å². The van der Waals surface area contributed by atoms with Crippen molar-refractivity contribution >= 4 is 35.2 Å². The van der Waals surface area contributed by atoms with Crippen molar-refractivity contribution in [3.63, 3.8) is 0 Å². The Hall–Kier alpha value is 0.260. The van der Waals surface area contributed by atoms with E-state index < -0.39 is 0 Å². The van der Waals surface area contributed by atoms with E-state index >= 15 is 0 Å². The van der Waals surface area contributed by atoms with Crippen LogP contribution in [0, 0.1) is 10.5 Å². The first-order chi connectivity index (χ1) is 5.15. The first-order valence-corrected chi connectivity index (χ1v) is 4.86. The zero-order valence-electron chi connectivity index (χ0n) is 6.26. The average Bonchev–Trinajstić information content (AvgIpc) is 1.99. The number of thiol groups is 1. The second-order valence-electron chi connectivity index (χ2n) is 2.43. The van der Waals surface area contributed by atoms with Crippen LogP contribution in [0.5, 0.6) is 0 Å². The molecule has 0 spiro atoms. The second-order valence-corrected chi connectivity index (χ2v) is 4.07. The summed E-state index contributed by atoms with van der Waals surface area (Å²) in [4.78, 5) is 1.03. The van der Waals surface area contributed by atoms with Crippen LogP contribution >= 0.6 is 35.2 Å². The molecule has 0 aliphatic carbocycles. The number of hydrogen-bond donors (Lipinski definition) is 2. The van der Waals surface area contributed by atoms with Gasteiger partial charge in [-0.3, -0.25) is 0 Å². The van der Waals surface area contributed by atoms with Crippen molar-refractivity contribution in [2.45, 2.75) is 18.4 Å². The molecule has 0 aromatic heterocycles. The van der Waals surface area contributed by atoms with E-state index in [1.807, 2.05) is 6.07 Å². The molecule has 11 heavy (non-hydrogen) atoms. The van der Waals surface area contributed by atoms with E-state index in [1.165, 1.54) is 9.13 Å². The summed E-state index contributed by atoms with van der Waals surface area (Å²) in [5.74, 6) is 0. The molecule has 0 aliphatic rings. The smallest absolute Gasteiger partial charge is 0.0178 e. The summed E-state index contributed by atoms with van der Waals surface area (Å²) in [6.45, 7) is 2.65. The van der Waals surface area contributed by atoms with Crippen LogP contribution in [-0.4, -0.2) is 0 Å². The molecule has 0 saturated carbocycles. The van der Waals surface area contributed by atoms with E-state index in [4.69, 9.17) is 5.73 Å². The van der Waals surface area contributed by atoms with Gasteiger partial charge in [0.05, 0.1) is 0 Å². The van der Waals surface area contributed by atoms with Crippen LogP contribution in [0.2, 0.25) is 0 Å². The molecule has 0 atom stereocenters. The van der Waals surface area contributed by atoms with E-state index in [0.717, 1.165) is 10.5 Å². The van der Waals surface area contributed by atoms with Gasteiger partial charge in [-0.15, -0.1) is 12.6 Å². The molecule has 1 aromatic carbocycles. The third kappa shape index (κ3) is 2.10. The van der Waals surface area contributed by atoms with Gasteiger partial charge in [-0.1, -0.05) is 0 Å². The Morgan fingerprint density at radius 2 is 2.18 bits per heavy atom. The third-order valence-electron chi connectivity index (χ3n) is 1.61. The predicted molar refractivity (Wildman–Crippen MR) is 59.0 cm³/mol. The Morgan fingerprint density at radius 3 is 2.64 bits per heavy atom. The van der Waals surface area contributed by atoms with Gasteiger partial charge in [-0.2, -0.15) is 0 Å². The molecule has 0 saturated heterocycles. The van der Waals surface area contributed by atoms with Crippen LogP contribution in [0.25, 0.3) is 0 Å². The first kappa shape index (κ1) is 9.35. The minimum Gasteiger partial charge on any atom is -0.326 e. The fourth-order valence-corrected chi connectivity index (χ4v) is 2.03. The van der Waals surface area contributed by atoms with E-state index in [-0.39, 0.29) is 0 Å². The molecule has 0 heterocycles. The van der Waals surface area contributed by atoms with Crippen molar-refractivity contribution < 1.29 is 0 Å². The summed E-state index contributed by atoms with van der Waals surface area (Å²) >= 11 is 6.63. The van der Waals surface area contributed by atoms with Gasteiger partial charge in [-0.05, 0) is 52.8 Å². The monoisotopic (exact) mass is 279 g/mol. The lowest BCUT2D eigenvalue weighted by Crippen LogP contribution is -1.97. The summed E-state index contributed by atoms with van der Waals surface area (Å²) in [6.07, 6.45) is 0. The van der Waals surface area contributed by atoms with Crippen LogP contribution in [0.3, 0.4) is 0 Å². The quantitative estimate of drug-likeness (QED) is 0.599. The molecule has 1 nitrogen and oxygen atoms in total. The van der Waals surface area contributed by atoms with Gasteiger partial charge in [0.1, 0.15) is 0 Å². The maximum atomic E-state index is 5.50. The fraction of sp³-hybridized carbons (Fsp3) is 0.250. The molecule has 0 bridgehead atoms. The van der Waals surface area contributed by atoms with Crippen molar-refractivity contribution in [1.82, 2.24) is 0 Å². The van der Waals surface area contributed by atoms with Gasteiger partial charge in [0.2, 0.25) is 0 Å². The number of halogens is 1. The number of benzene rings is 1. The van der Waals surface area contributed by atoms with Crippen molar-refractivity contribution in [2.24, 2.45) is 5.73 Å². The average molecular weight is 279 g/mol. The molecule has 0 fully saturated rings. The van der Waals surface area contributed by atoms with Crippen LogP contribution in [0.15, 0.2) is 17.0 Å². The lowest BCUT2D eigenvalue weighted by Gasteiger charge is -2.04. The third-order valence-corrected chi connectivity index (χ3v) is 3.20. The molecule has 2 N–H and O–H groups in total. The Labute approximate surface area is 85.9 Å². The lowest BCUT2D eigenvalue weighted by molar-refractivity contribution is 1.05. The fourth-order valence-electron chi connectivity index (χ4n) is 0.837. The van der Waals surface area contributed by atoms with E-state index in [1.54, 1.807) is 0 Å². The molecular weight excluding hydrogens is 269 g/mol. The predicted octanol–water partition coefficient (Wildman–Crippen LogP) is 2.35. The highest BCUT2D eigenvalue weighted by molar-refractivity contribution is 14.1. The van der Waals surface area contributed by atoms with Gasteiger partial charge in [-0.25, -0.2) is 0 Å². The molecule has 0 aliphatic heterocycles. The Bertz CT molecular complexity index is 250. The topological polar surface area (TPSA) is 26.0 Å². The number of rotatable bonds is 1. The normalized spacial score (nSPS) is 10.2. The molecule has 1 rings (SSSR count). The van der Waals surface area contributed by atoms with Gasteiger partial charge < -0.3 is 5.73 Å². The summed E-state index contributed by atoms with van der Waals surface area (Å²) in [7, 11) is 0. The summed E-state index contributed by atoms with van der Waals surface area (Å²) < 4.78 is 1.23. The van der Waals surface area contributed by atoms with Gasteiger partial charge in [0.25, 0.3) is 0 Å². The molecule has 1 aromatic rings. The Balaban J connectivity index is 3.21. The van der Waals surface area contributed by atoms with Crippen LogP contribution in [0.4, 0.5) is 0 Å². The van der Waals surface area contributed by atoms with Crippen molar-refractivity contribution in [3.8, 4) is 0 Å². The highest BCUT2D eigenvalue weighted by Gasteiger charge is 2.00. The molecule has 3 heteroatoms. The van der Waals surface area contributed by atoms with Crippen LogP contribution in [-0.2, 0) is 6.54 Å². The number of hydrogen-bond acceptors (Lipinski definition) is 2. The molecule has 60 valence electrons. The minimum atomic E-state index is 0.587. The zero-order valence-corrected chi connectivity index (χ0v) is 9.32. The molecule has 0 amide bonds. The van der Waals surface area contributed by atoms with Gasteiger partial charge in [0, 0.05) is 15.0 Å². The summed E-state index contributed by atoms with van der Waals surface area (Å²) in [5.41, 5.74) is 7.87.